The summed E-state index contributed by atoms with van der Waals surface area (Å²) in [5, 5.41) is 4.99. The maximum absolute atomic E-state index is 15.0. The van der Waals surface area contributed by atoms with E-state index in [0.29, 0.717) is 23.1 Å². The predicted molar refractivity (Wildman–Crippen MR) is 107 cm³/mol. The normalized spacial score (nSPS) is 12.1. The summed E-state index contributed by atoms with van der Waals surface area (Å²) >= 11 is 0. The average molecular weight is 392 g/mol. The van der Waals surface area contributed by atoms with Crippen LogP contribution >= 0.6 is 0 Å². The first kappa shape index (κ1) is 18.8. The van der Waals surface area contributed by atoms with Crippen molar-refractivity contribution in [2.24, 2.45) is 0 Å². The standard InChI is InChI=1S/C23H18F2N2O2/c1-2-29-23(28)16-8-5-7-15(13-16)17-10-6-12-21-19(17)14-27(26-21)22(25)18-9-3-4-11-20(18)24/h3-14,22H,2H2,1H3. The SMILES string of the molecule is CCOC(=O)c1cccc(-c2cccc3nn(C(F)c4ccccc4F)cc23)c1. The first-order chi connectivity index (χ1) is 14.1. The molecule has 1 heterocycles. The molecule has 0 saturated heterocycles. The molecule has 3 aromatic carbocycles. The third kappa shape index (κ3) is 3.61. The molecule has 0 aliphatic heterocycles. The van der Waals surface area contributed by atoms with E-state index in [1.165, 1.54) is 18.2 Å². The number of nitrogens with zero attached hydrogens (tertiary/aromatic N) is 2. The van der Waals surface area contributed by atoms with E-state index in [4.69, 9.17) is 4.74 Å². The maximum atomic E-state index is 15.0. The number of halogens is 2. The molecule has 0 spiro atoms. The molecule has 0 aliphatic rings. The van der Waals surface area contributed by atoms with E-state index in [0.717, 1.165) is 15.8 Å². The number of carbonyl (C=O) groups excluding carboxylic acids is 1. The number of hydrogen-bond donors (Lipinski definition) is 0. The van der Waals surface area contributed by atoms with Crippen molar-refractivity contribution in [1.29, 1.82) is 0 Å². The van der Waals surface area contributed by atoms with Crippen LogP contribution in [0.3, 0.4) is 0 Å². The van der Waals surface area contributed by atoms with Crippen LogP contribution in [-0.4, -0.2) is 22.4 Å². The Balaban J connectivity index is 1.77. The van der Waals surface area contributed by atoms with Gasteiger partial charge in [0, 0.05) is 17.1 Å². The van der Waals surface area contributed by atoms with Crippen LogP contribution < -0.4 is 0 Å². The summed E-state index contributed by atoms with van der Waals surface area (Å²) in [6.07, 6.45) is -0.193. The van der Waals surface area contributed by atoms with Gasteiger partial charge in [-0.3, -0.25) is 0 Å². The second kappa shape index (κ2) is 7.83. The second-order valence-corrected chi connectivity index (χ2v) is 6.51. The third-order valence-electron chi connectivity index (χ3n) is 4.65. The highest BCUT2D eigenvalue weighted by atomic mass is 19.1. The van der Waals surface area contributed by atoms with Crippen molar-refractivity contribution in [2.45, 2.75) is 13.2 Å². The molecule has 1 atom stereocenters. The van der Waals surface area contributed by atoms with Crippen LogP contribution in [0.15, 0.2) is 72.9 Å². The van der Waals surface area contributed by atoms with Crippen LogP contribution in [0.25, 0.3) is 22.0 Å². The minimum absolute atomic E-state index is 0.0776. The number of hydrogen-bond acceptors (Lipinski definition) is 3. The van der Waals surface area contributed by atoms with Gasteiger partial charge in [-0.25, -0.2) is 18.3 Å². The zero-order valence-corrected chi connectivity index (χ0v) is 15.7. The number of rotatable bonds is 5. The lowest BCUT2D eigenvalue weighted by Gasteiger charge is -2.09. The van der Waals surface area contributed by atoms with Gasteiger partial charge in [0.1, 0.15) is 5.82 Å². The zero-order valence-electron chi connectivity index (χ0n) is 15.7. The molecule has 1 unspecified atom stereocenters. The Morgan fingerprint density at radius 1 is 1.10 bits per heavy atom. The Kier molecular flexibility index (Phi) is 5.08. The van der Waals surface area contributed by atoms with Crippen LogP contribution in [0.1, 0.15) is 29.1 Å². The van der Waals surface area contributed by atoms with Crippen LogP contribution in [-0.2, 0) is 4.74 Å². The summed E-state index contributed by atoms with van der Waals surface area (Å²) in [5.41, 5.74) is 2.50. The fourth-order valence-electron chi connectivity index (χ4n) is 3.27. The smallest absolute Gasteiger partial charge is 0.338 e. The maximum Gasteiger partial charge on any atom is 0.338 e. The van der Waals surface area contributed by atoms with Crippen molar-refractivity contribution >= 4 is 16.9 Å². The molecule has 0 N–H and O–H groups in total. The average Bonchev–Trinajstić information content (AvgIpc) is 3.18. The Labute approximate surface area is 166 Å². The molecule has 4 aromatic rings. The summed E-state index contributed by atoms with van der Waals surface area (Å²) < 4.78 is 35.1. The molecule has 0 saturated carbocycles. The minimum Gasteiger partial charge on any atom is -0.462 e. The highest BCUT2D eigenvalue weighted by Crippen LogP contribution is 2.31. The number of esters is 1. The minimum atomic E-state index is -1.75. The first-order valence-electron chi connectivity index (χ1n) is 9.22. The predicted octanol–water partition coefficient (Wildman–Crippen LogP) is 5.54. The van der Waals surface area contributed by atoms with Crippen LogP contribution in [0, 0.1) is 5.82 Å². The van der Waals surface area contributed by atoms with E-state index < -0.39 is 18.1 Å². The Hall–Kier alpha value is -3.54. The number of fused-ring (bicyclic) bond motifs is 1. The molecular formula is C23H18F2N2O2. The molecule has 0 fully saturated rings. The topological polar surface area (TPSA) is 44.1 Å². The fourth-order valence-corrected chi connectivity index (χ4v) is 3.27. The fraction of sp³-hybridized carbons (Fsp3) is 0.130. The zero-order chi connectivity index (χ0) is 20.4. The second-order valence-electron chi connectivity index (χ2n) is 6.51. The van der Waals surface area contributed by atoms with Gasteiger partial charge < -0.3 is 4.74 Å². The van der Waals surface area contributed by atoms with Crippen LogP contribution in [0.2, 0.25) is 0 Å². The van der Waals surface area contributed by atoms with Crippen molar-refractivity contribution in [3.8, 4) is 11.1 Å². The molecule has 4 nitrogen and oxygen atoms in total. The number of alkyl halides is 1. The molecule has 29 heavy (non-hydrogen) atoms. The quantitative estimate of drug-likeness (QED) is 0.419. The number of ether oxygens (including phenoxy) is 1. The van der Waals surface area contributed by atoms with E-state index in [-0.39, 0.29) is 5.56 Å². The van der Waals surface area contributed by atoms with Crippen LogP contribution in [0.4, 0.5) is 8.78 Å². The monoisotopic (exact) mass is 392 g/mol. The van der Waals surface area contributed by atoms with Gasteiger partial charge in [0.2, 0.25) is 6.30 Å². The number of carbonyl (C=O) groups is 1. The molecule has 0 bridgehead atoms. The van der Waals surface area contributed by atoms with E-state index >= 15 is 0 Å². The van der Waals surface area contributed by atoms with Gasteiger partial charge in [0.15, 0.2) is 0 Å². The van der Waals surface area contributed by atoms with Crippen molar-refractivity contribution in [3.05, 3.63) is 89.9 Å². The lowest BCUT2D eigenvalue weighted by atomic mass is 10.00. The largest absolute Gasteiger partial charge is 0.462 e. The molecular weight excluding hydrogens is 374 g/mol. The van der Waals surface area contributed by atoms with Gasteiger partial charge in [0.05, 0.1) is 17.7 Å². The molecule has 0 aliphatic carbocycles. The van der Waals surface area contributed by atoms with E-state index in [1.807, 2.05) is 18.2 Å². The highest BCUT2D eigenvalue weighted by molar-refractivity contribution is 5.97. The van der Waals surface area contributed by atoms with Crippen molar-refractivity contribution in [3.63, 3.8) is 0 Å². The lowest BCUT2D eigenvalue weighted by molar-refractivity contribution is 0.0526. The molecule has 0 radical (unpaired) electrons. The van der Waals surface area contributed by atoms with E-state index in [9.17, 15) is 13.6 Å². The molecule has 1 aromatic heterocycles. The Morgan fingerprint density at radius 2 is 1.90 bits per heavy atom. The van der Waals surface area contributed by atoms with Gasteiger partial charge in [-0.15, -0.1) is 0 Å². The molecule has 146 valence electrons. The summed E-state index contributed by atoms with van der Waals surface area (Å²) in [5.74, 6) is -1.03. The van der Waals surface area contributed by atoms with E-state index in [1.54, 1.807) is 43.5 Å². The van der Waals surface area contributed by atoms with E-state index in [2.05, 4.69) is 5.10 Å². The van der Waals surface area contributed by atoms with Gasteiger partial charge in [-0.1, -0.05) is 42.5 Å². The van der Waals surface area contributed by atoms with Gasteiger partial charge in [-0.05, 0) is 42.3 Å². The van der Waals surface area contributed by atoms with Gasteiger partial charge in [0.25, 0.3) is 0 Å². The summed E-state index contributed by atoms with van der Waals surface area (Å²) in [6.45, 7) is 2.04. The third-order valence-corrected chi connectivity index (χ3v) is 4.65. The first-order valence-corrected chi connectivity index (χ1v) is 9.22. The Bertz CT molecular complexity index is 1190. The summed E-state index contributed by atoms with van der Waals surface area (Å²) in [4.78, 5) is 12.1. The highest BCUT2D eigenvalue weighted by Gasteiger charge is 2.19. The molecule has 4 rings (SSSR count). The van der Waals surface area contributed by atoms with Gasteiger partial charge in [-0.2, -0.15) is 5.10 Å². The lowest BCUT2D eigenvalue weighted by Crippen LogP contribution is -2.07. The van der Waals surface area contributed by atoms with Gasteiger partial charge >= 0.3 is 5.97 Å². The number of aromatic nitrogens is 2. The molecule has 6 heteroatoms. The van der Waals surface area contributed by atoms with Crippen molar-refractivity contribution in [2.75, 3.05) is 6.61 Å². The Morgan fingerprint density at radius 3 is 2.69 bits per heavy atom. The summed E-state index contributed by atoms with van der Waals surface area (Å²) in [6, 6.07) is 18.2. The van der Waals surface area contributed by atoms with Crippen molar-refractivity contribution in [1.82, 2.24) is 9.78 Å². The molecule has 0 amide bonds. The number of benzene rings is 3. The van der Waals surface area contributed by atoms with Crippen LogP contribution in [0.5, 0.6) is 0 Å². The van der Waals surface area contributed by atoms with Crippen molar-refractivity contribution < 1.29 is 18.3 Å². The summed E-state index contributed by atoms with van der Waals surface area (Å²) in [7, 11) is 0.